The summed E-state index contributed by atoms with van der Waals surface area (Å²) in [5, 5.41) is 3.46. The molecule has 1 rings (SSSR count). The number of nitrogens with zero attached hydrogens (tertiary/aromatic N) is 1. The van der Waals surface area contributed by atoms with E-state index in [1.165, 1.54) is 19.4 Å². The molecule has 190 valence electrons. The SMILES string of the molecule is COC(=O)CCCCCC/C=C(/C=C/C=NOCc1c(F)c(F)c(F)c(F)c1F)O[Si](C)(C)C. The molecule has 0 N–H and O–H groups in total. The molecule has 0 heterocycles. The van der Waals surface area contributed by atoms with Crippen molar-refractivity contribution in [2.45, 2.75) is 64.8 Å². The van der Waals surface area contributed by atoms with E-state index in [0.29, 0.717) is 12.2 Å². The number of carbonyl (C=O) groups is 1. The Labute approximate surface area is 197 Å². The van der Waals surface area contributed by atoms with Crippen molar-refractivity contribution in [2.24, 2.45) is 5.16 Å². The highest BCUT2D eigenvalue weighted by atomic mass is 28.4. The summed E-state index contributed by atoms with van der Waals surface area (Å²) >= 11 is 0. The molecule has 5 nitrogen and oxygen atoms in total. The monoisotopic (exact) mass is 507 g/mol. The third-order valence-electron chi connectivity index (χ3n) is 4.32. The van der Waals surface area contributed by atoms with E-state index in [1.807, 2.05) is 25.7 Å². The molecule has 11 heteroatoms. The number of methoxy groups -OCH3 is 1. The van der Waals surface area contributed by atoms with Crippen LogP contribution in [0.3, 0.4) is 0 Å². The average Bonchev–Trinajstić information content (AvgIpc) is 2.78. The number of oxime groups is 1. The first-order valence-electron chi connectivity index (χ1n) is 10.8. The zero-order chi connectivity index (χ0) is 25.7. The maximum absolute atomic E-state index is 13.6. The van der Waals surface area contributed by atoms with Crippen LogP contribution in [-0.4, -0.2) is 27.6 Å². The van der Waals surface area contributed by atoms with Crippen molar-refractivity contribution in [3.8, 4) is 0 Å². The Morgan fingerprint density at radius 1 is 0.912 bits per heavy atom. The summed E-state index contributed by atoms with van der Waals surface area (Å²) in [4.78, 5) is 15.8. The lowest BCUT2D eigenvalue weighted by Crippen LogP contribution is -2.24. The van der Waals surface area contributed by atoms with Crippen molar-refractivity contribution in [1.82, 2.24) is 0 Å². The minimum absolute atomic E-state index is 0.214. The molecule has 0 spiro atoms. The molecule has 0 atom stereocenters. The fourth-order valence-corrected chi connectivity index (χ4v) is 3.56. The summed E-state index contributed by atoms with van der Waals surface area (Å²) in [6, 6.07) is 0. The Kier molecular flexibility index (Phi) is 12.5. The number of rotatable bonds is 14. The Morgan fingerprint density at radius 3 is 2.09 bits per heavy atom. The largest absolute Gasteiger partial charge is 0.545 e. The van der Waals surface area contributed by atoms with E-state index in [2.05, 4.69) is 14.7 Å². The highest BCUT2D eigenvalue weighted by molar-refractivity contribution is 6.70. The van der Waals surface area contributed by atoms with E-state index in [0.717, 1.165) is 32.1 Å². The lowest BCUT2D eigenvalue weighted by molar-refractivity contribution is -0.140. The lowest BCUT2D eigenvalue weighted by Gasteiger charge is -2.20. The highest BCUT2D eigenvalue weighted by Gasteiger charge is 2.25. The number of unbranched alkanes of at least 4 members (excludes halogenated alkanes) is 4. The van der Waals surface area contributed by atoms with Gasteiger partial charge in [0.1, 0.15) is 6.61 Å². The van der Waals surface area contributed by atoms with Crippen LogP contribution in [0.15, 0.2) is 29.1 Å². The second-order valence-corrected chi connectivity index (χ2v) is 12.7. The Bertz CT molecular complexity index is 885. The molecule has 0 amide bonds. The van der Waals surface area contributed by atoms with E-state index < -0.39 is 49.6 Å². The van der Waals surface area contributed by atoms with Crippen molar-refractivity contribution < 1.29 is 40.7 Å². The van der Waals surface area contributed by atoms with Gasteiger partial charge in [-0.2, -0.15) is 0 Å². The van der Waals surface area contributed by atoms with Gasteiger partial charge in [0.05, 0.1) is 24.6 Å². The van der Waals surface area contributed by atoms with Crippen LogP contribution in [-0.2, 0) is 25.4 Å². The fourth-order valence-electron chi connectivity index (χ4n) is 2.71. The van der Waals surface area contributed by atoms with E-state index in [-0.39, 0.29) is 5.97 Å². The molecule has 0 unspecified atom stereocenters. The van der Waals surface area contributed by atoms with Crippen LogP contribution in [0.25, 0.3) is 0 Å². The molecule has 0 aliphatic rings. The van der Waals surface area contributed by atoms with Gasteiger partial charge in [0.25, 0.3) is 0 Å². The normalized spacial score (nSPS) is 12.6. The first-order chi connectivity index (χ1) is 16.0. The molecule has 0 fully saturated rings. The van der Waals surface area contributed by atoms with E-state index in [1.54, 1.807) is 6.08 Å². The molecular weight excluding hydrogens is 477 g/mol. The number of hydrogen-bond acceptors (Lipinski definition) is 5. The van der Waals surface area contributed by atoms with Crippen molar-refractivity contribution in [1.29, 1.82) is 0 Å². The van der Waals surface area contributed by atoms with Crippen LogP contribution >= 0.6 is 0 Å². The summed E-state index contributed by atoms with van der Waals surface area (Å²) in [7, 11) is -0.532. The van der Waals surface area contributed by atoms with E-state index >= 15 is 0 Å². The van der Waals surface area contributed by atoms with Gasteiger partial charge in [-0.25, -0.2) is 22.0 Å². The van der Waals surface area contributed by atoms with Gasteiger partial charge in [-0.15, -0.1) is 0 Å². The Morgan fingerprint density at radius 2 is 1.50 bits per heavy atom. The van der Waals surface area contributed by atoms with Crippen LogP contribution in [0, 0.1) is 29.1 Å². The number of hydrogen-bond donors (Lipinski definition) is 0. The predicted octanol–water partition coefficient (Wildman–Crippen LogP) is 6.69. The van der Waals surface area contributed by atoms with Crippen LogP contribution in [0.2, 0.25) is 19.6 Å². The number of esters is 1. The Hall–Kier alpha value is -2.69. The van der Waals surface area contributed by atoms with Crippen molar-refractivity contribution >= 4 is 20.5 Å². The smallest absolute Gasteiger partial charge is 0.305 e. The summed E-state index contributed by atoms with van der Waals surface area (Å²) < 4.78 is 77.2. The van der Waals surface area contributed by atoms with Crippen LogP contribution in [0.1, 0.15) is 44.1 Å². The van der Waals surface area contributed by atoms with Crippen molar-refractivity contribution in [3.05, 3.63) is 58.6 Å². The van der Waals surface area contributed by atoms with Crippen LogP contribution < -0.4 is 0 Å². The molecule has 0 radical (unpaired) electrons. The number of allylic oxidation sites excluding steroid dienone is 3. The van der Waals surface area contributed by atoms with E-state index in [4.69, 9.17) is 4.43 Å². The van der Waals surface area contributed by atoms with E-state index in [9.17, 15) is 26.7 Å². The second-order valence-electron chi connectivity index (χ2n) is 8.29. The van der Waals surface area contributed by atoms with Gasteiger partial charge >= 0.3 is 5.97 Å². The van der Waals surface area contributed by atoms with Gasteiger partial charge in [0, 0.05) is 6.42 Å². The van der Waals surface area contributed by atoms with Crippen LogP contribution in [0.5, 0.6) is 0 Å². The zero-order valence-electron chi connectivity index (χ0n) is 19.7. The summed E-state index contributed by atoms with van der Waals surface area (Å²) in [6.07, 6.45) is 10.9. The minimum atomic E-state index is -2.23. The standard InChI is InChI=1S/C23H30F5NO4Si/c1-31-18(30)13-9-7-5-6-8-11-16(33-34(2,3)4)12-10-14-29-32-15-17-19(24)21(26)23(28)22(27)20(17)25/h10-12,14H,5-9,13,15H2,1-4H3/b12-10+,16-11-,29-14?. The molecule has 0 saturated carbocycles. The van der Waals surface area contributed by atoms with Crippen molar-refractivity contribution in [2.75, 3.05) is 7.11 Å². The van der Waals surface area contributed by atoms with Gasteiger partial charge in [-0.3, -0.25) is 4.79 Å². The maximum atomic E-state index is 13.6. The van der Waals surface area contributed by atoms with Gasteiger partial charge in [0.2, 0.25) is 14.1 Å². The molecule has 1 aromatic carbocycles. The summed E-state index contributed by atoms with van der Waals surface area (Å²) in [6.45, 7) is 5.12. The third kappa shape index (κ3) is 10.5. The number of carbonyl (C=O) groups excluding carboxylic acids is 1. The van der Waals surface area contributed by atoms with Gasteiger partial charge in [0.15, 0.2) is 23.3 Å². The molecule has 1 aromatic rings. The maximum Gasteiger partial charge on any atom is 0.305 e. The zero-order valence-corrected chi connectivity index (χ0v) is 20.7. The molecule has 0 aromatic heterocycles. The molecule has 34 heavy (non-hydrogen) atoms. The minimum Gasteiger partial charge on any atom is -0.545 e. The number of benzene rings is 1. The highest BCUT2D eigenvalue weighted by Crippen LogP contribution is 2.23. The lowest BCUT2D eigenvalue weighted by atomic mass is 10.1. The van der Waals surface area contributed by atoms with Gasteiger partial charge in [-0.1, -0.05) is 18.0 Å². The number of ether oxygens (including phenoxy) is 1. The third-order valence-corrected chi connectivity index (χ3v) is 5.17. The summed E-state index contributed by atoms with van der Waals surface area (Å²) in [5.41, 5.74) is -1.10. The first kappa shape index (κ1) is 29.3. The average molecular weight is 508 g/mol. The predicted molar refractivity (Wildman–Crippen MR) is 121 cm³/mol. The first-order valence-corrected chi connectivity index (χ1v) is 14.2. The Balaban J connectivity index is 2.60. The topological polar surface area (TPSA) is 57.1 Å². The second kappa shape index (κ2) is 14.5. The fraction of sp³-hybridized carbons (Fsp3) is 0.478. The molecular formula is C23H30F5NO4Si. The summed E-state index contributed by atoms with van der Waals surface area (Å²) in [5.74, 6) is -9.81. The molecule has 0 aliphatic carbocycles. The van der Waals surface area contributed by atoms with Gasteiger partial charge < -0.3 is 14.0 Å². The van der Waals surface area contributed by atoms with Crippen LogP contribution in [0.4, 0.5) is 22.0 Å². The van der Waals surface area contributed by atoms with Crippen molar-refractivity contribution in [3.63, 3.8) is 0 Å². The molecule has 0 aliphatic heterocycles. The van der Waals surface area contributed by atoms with Gasteiger partial charge in [-0.05, 0) is 57.1 Å². The number of halogens is 5. The molecule has 0 bridgehead atoms. The molecule has 0 saturated heterocycles. The quantitative estimate of drug-likeness (QED) is 0.0269.